The van der Waals surface area contributed by atoms with Crippen molar-refractivity contribution >= 4 is 16.6 Å². The molecule has 0 fully saturated rings. The number of nitrogens with zero attached hydrogens (tertiary/aromatic N) is 1. The van der Waals surface area contributed by atoms with Crippen LogP contribution in [0.4, 0.5) is 8.78 Å². The molecule has 0 unspecified atom stereocenters. The molecule has 1 heterocycles. The topological polar surface area (TPSA) is 71.9 Å². The SMILES string of the molecule is Cc1c(Cc2cccc3ccccc23)n(CC(=O)c2ccc(F)c(F)c2)c(=O)[nH]c1=O. The number of Topliss-reactive ketones (excluding diaryl/α,β-unsaturated/α-hetero) is 1. The maximum atomic E-state index is 13.5. The summed E-state index contributed by atoms with van der Waals surface area (Å²) in [5.74, 6) is -2.79. The monoisotopic (exact) mass is 420 g/mol. The van der Waals surface area contributed by atoms with Crippen molar-refractivity contribution in [2.75, 3.05) is 0 Å². The number of hydrogen-bond acceptors (Lipinski definition) is 3. The third kappa shape index (κ3) is 3.94. The molecule has 0 radical (unpaired) electrons. The summed E-state index contributed by atoms with van der Waals surface area (Å²) in [4.78, 5) is 39.8. The summed E-state index contributed by atoms with van der Waals surface area (Å²) in [7, 11) is 0. The van der Waals surface area contributed by atoms with Gasteiger partial charge in [0, 0.05) is 23.2 Å². The Kier molecular flexibility index (Phi) is 5.33. The Morgan fingerprint density at radius 3 is 2.48 bits per heavy atom. The van der Waals surface area contributed by atoms with E-state index in [-0.39, 0.29) is 12.0 Å². The van der Waals surface area contributed by atoms with E-state index in [0.29, 0.717) is 11.3 Å². The van der Waals surface area contributed by atoms with Gasteiger partial charge in [-0.1, -0.05) is 42.5 Å². The Balaban J connectivity index is 1.79. The second kappa shape index (κ2) is 8.10. The fourth-order valence-electron chi connectivity index (χ4n) is 3.64. The number of carbonyl (C=O) groups is 1. The first-order chi connectivity index (χ1) is 14.8. The molecule has 0 spiro atoms. The van der Waals surface area contributed by atoms with E-state index >= 15 is 0 Å². The van der Waals surface area contributed by atoms with Gasteiger partial charge in [-0.3, -0.25) is 19.1 Å². The first kappa shape index (κ1) is 20.4. The number of hydrogen-bond donors (Lipinski definition) is 1. The Labute approximate surface area is 175 Å². The molecule has 0 aliphatic heterocycles. The number of rotatable bonds is 5. The van der Waals surface area contributed by atoms with Gasteiger partial charge in [-0.25, -0.2) is 13.6 Å². The molecule has 0 amide bonds. The van der Waals surface area contributed by atoms with Crippen LogP contribution >= 0.6 is 0 Å². The second-order valence-electron chi connectivity index (χ2n) is 7.28. The molecule has 0 aliphatic carbocycles. The largest absolute Gasteiger partial charge is 0.328 e. The first-order valence-corrected chi connectivity index (χ1v) is 9.62. The smallest absolute Gasteiger partial charge is 0.292 e. The van der Waals surface area contributed by atoms with Crippen molar-refractivity contribution in [1.29, 1.82) is 0 Å². The summed E-state index contributed by atoms with van der Waals surface area (Å²) in [6.07, 6.45) is 0.247. The van der Waals surface area contributed by atoms with E-state index in [4.69, 9.17) is 0 Å². The normalized spacial score (nSPS) is 11.1. The number of benzene rings is 3. The molecule has 4 rings (SSSR count). The number of H-pyrrole nitrogens is 1. The fraction of sp³-hybridized carbons (Fsp3) is 0.125. The van der Waals surface area contributed by atoms with Gasteiger partial charge in [0.2, 0.25) is 0 Å². The van der Waals surface area contributed by atoms with Crippen LogP contribution in [0.3, 0.4) is 0 Å². The minimum Gasteiger partial charge on any atom is -0.292 e. The fourth-order valence-corrected chi connectivity index (χ4v) is 3.64. The van der Waals surface area contributed by atoms with E-state index in [1.165, 1.54) is 4.57 Å². The minimum absolute atomic E-state index is 0.0641. The Morgan fingerprint density at radius 1 is 0.968 bits per heavy atom. The van der Waals surface area contributed by atoms with Gasteiger partial charge in [-0.15, -0.1) is 0 Å². The van der Waals surface area contributed by atoms with Gasteiger partial charge in [-0.05, 0) is 41.5 Å². The first-order valence-electron chi connectivity index (χ1n) is 9.62. The van der Waals surface area contributed by atoms with E-state index < -0.39 is 35.2 Å². The highest BCUT2D eigenvalue weighted by Gasteiger charge is 2.18. The van der Waals surface area contributed by atoms with Crippen LogP contribution in [-0.4, -0.2) is 15.3 Å². The van der Waals surface area contributed by atoms with Gasteiger partial charge in [0.15, 0.2) is 17.4 Å². The van der Waals surface area contributed by atoms with Crippen molar-refractivity contribution in [3.63, 3.8) is 0 Å². The molecule has 0 saturated heterocycles. The standard InChI is InChI=1S/C24H18F2N2O3/c1-14-21(12-16-7-4-6-15-5-2-3-8-18(15)16)28(24(31)27-23(14)30)13-22(29)17-9-10-19(25)20(26)11-17/h2-11H,12-13H2,1H3,(H,27,30,31). The number of ketones is 1. The third-order valence-corrected chi connectivity index (χ3v) is 5.35. The highest BCUT2D eigenvalue weighted by Crippen LogP contribution is 2.22. The molecule has 3 aromatic carbocycles. The highest BCUT2D eigenvalue weighted by atomic mass is 19.2. The molecule has 1 N–H and O–H groups in total. The number of nitrogens with one attached hydrogen (secondary N) is 1. The Morgan fingerprint density at radius 2 is 1.71 bits per heavy atom. The number of aromatic nitrogens is 2. The van der Waals surface area contributed by atoms with Gasteiger partial charge in [0.1, 0.15) is 0 Å². The molecule has 0 bridgehead atoms. The summed E-state index contributed by atoms with van der Waals surface area (Å²) in [6.45, 7) is 1.17. The maximum absolute atomic E-state index is 13.5. The van der Waals surface area contributed by atoms with Crippen molar-refractivity contribution in [2.45, 2.75) is 19.9 Å². The maximum Gasteiger partial charge on any atom is 0.328 e. The second-order valence-corrected chi connectivity index (χ2v) is 7.28. The molecule has 156 valence electrons. The molecule has 31 heavy (non-hydrogen) atoms. The van der Waals surface area contributed by atoms with Crippen LogP contribution in [0.15, 0.2) is 70.3 Å². The Bertz CT molecular complexity index is 1430. The molecule has 0 atom stereocenters. The summed E-state index contributed by atoms with van der Waals surface area (Å²) < 4.78 is 27.9. The number of aromatic amines is 1. The zero-order valence-corrected chi connectivity index (χ0v) is 16.6. The van der Waals surface area contributed by atoms with Crippen LogP contribution in [0, 0.1) is 18.6 Å². The average Bonchev–Trinajstić information content (AvgIpc) is 2.76. The van der Waals surface area contributed by atoms with Crippen LogP contribution in [0.5, 0.6) is 0 Å². The zero-order valence-electron chi connectivity index (χ0n) is 16.6. The average molecular weight is 420 g/mol. The summed E-state index contributed by atoms with van der Waals surface area (Å²) in [5.41, 5.74) is 0.260. The molecule has 4 aromatic rings. The van der Waals surface area contributed by atoms with Crippen molar-refractivity contribution in [3.8, 4) is 0 Å². The number of halogens is 2. The summed E-state index contributed by atoms with van der Waals surface area (Å²) >= 11 is 0. The highest BCUT2D eigenvalue weighted by molar-refractivity contribution is 5.96. The van der Waals surface area contributed by atoms with Crippen molar-refractivity contribution < 1.29 is 13.6 Å². The number of fused-ring (bicyclic) bond motifs is 1. The van der Waals surface area contributed by atoms with Gasteiger partial charge in [0.05, 0.1) is 6.54 Å². The van der Waals surface area contributed by atoms with Crippen LogP contribution in [0.2, 0.25) is 0 Å². The molecule has 1 aromatic heterocycles. The molecule has 0 aliphatic rings. The Hall–Kier alpha value is -3.87. The zero-order chi connectivity index (χ0) is 22.1. The van der Waals surface area contributed by atoms with Crippen molar-refractivity contribution in [3.05, 3.63) is 116 Å². The minimum atomic E-state index is -1.15. The number of carbonyl (C=O) groups excluding carboxylic acids is 1. The van der Waals surface area contributed by atoms with Gasteiger partial charge in [0.25, 0.3) is 5.56 Å². The van der Waals surface area contributed by atoms with E-state index in [0.717, 1.165) is 34.5 Å². The summed E-state index contributed by atoms with van der Waals surface area (Å²) in [6, 6.07) is 16.3. The predicted octanol–water partition coefficient (Wildman–Crippen LogP) is 3.75. The van der Waals surface area contributed by atoms with E-state index in [1.54, 1.807) is 6.92 Å². The van der Waals surface area contributed by atoms with Gasteiger partial charge in [-0.2, -0.15) is 0 Å². The van der Waals surface area contributed by atoms with Crippen molar-refractivity contribution in [1.82, 2.24) is 9.55 Å². The van der Waals surface area contributed by atoms with Crippen molar-refractivity contribution in [2.24, 2.45) is 0 Å². The predicted molar refractivity (Wildman–Crippen MR) is 114 cm³/mol. The van der Waals surface area contributed by atoms with Crippen LogP contribution in [-0.2, 0) is 13.0 Å². The van der Waals surface area contributed by atoms with Gasteiger partial charge >= 0.3 is 5.69 Å². The van der Waals surface area contributed by atoms with E-state index in [9.17, 15) is 23.2 Å². The molecular formula is C24H18F2N2O3. The molecule has 7 heteroatoms. The summed E-state index contributed by atoms with van der Waals surface area (Å²) in [5, 5.41) is 1.98. The van der Waals surface area contributed by atoms with Crippen LogP contribution in [0.25, 0.3) is 10.8 Å². The lowest BCUT2D eigenvalue weighted by atomic mass is 9.99. The van der Waals surface area contributed by atoms with E-state index in [1.807, 2.05) is 42.5 Å². The lowest BCUT2D eigenvalue weighted by Gasteiger charge is -2.15. The molecule has 0 saturated carbocycles. The van der Waals surface area contributed by atoms with E-state index in [2.05, 4.69) is 4.98 Å². The van der Waals surface area contributed by atoms with Gasteiger partial charge < -0.3 is 0 Å². The lowest BCUT2D eigenvalue weighted by molar-refractivity contribution is 0.0968. The van der Waals surface area contributed by atoms with Crippen LogP contribution in [0.1, 0.15) is 27.2 Å². The lowest BCUT2D eigenvalue weighted by Crippen LogP contribution is -2.36. The quantitative estimate of drug-likeness (QED) is 0.500. The van der Waals surface area contributed by atoms with Crippen LogP contribution < -0.4 is 11.2 Å². The third-order valence-electron chi connectivity index (χ3n) is 5.35. The molecule has 5 nitrogen and oxygen atoms in total. The molecular weight excluding hydrogens is 402 g/mol.